The topological polar surface area (TPSA) is 56.1 Å². The van der Waals surface area contributed by atoms with Crippen molar-refractivity contribution in [1.29, 1.82) is 5.26 Å². The molecule has 1 rings (SSSR count). The molecule has 1 aromatic rings. The van der Waals surface area contributed by atoms with Crippen LogP contribution < -0.4 is 10.4 Å². The van der Waals surface area contributed by atoms with Crippen LogP contribution in [0.1, 0.15) is 0 Å². The van der Waals surface area contributed by atoms with Gasteiger partial charge in [-0.15, -0.1) is 4.39 Å². The van der Waals surface area contributed by atoms with Crippen LogP contribution >= 0.6 is 0 Å². The molecular formula is C8H6FN3O. The zero-order valence-electron chi connectivity index (χ0n) is 6.57. The Kier molecular flexibility index (Phi) is 2.82. The van der Waals surface area contributed by atoms with Crippen LogP contribution in [0.2, 0.25) is 0 Å². The minimum Gasteiger partial charge on any atom is -0.232 e. The van der Waals surface area contributed by atoms with E-state index in [1.807, 2.05) is 5.43 Å². The normalized spacial score (nSPS) is 8.62. The lowest BCUT2D eigenvalue weighted by Gasteiger charge is -2.14. The number of rotatable bonds is 2. The van der Waals surface area contributed by atoms with Gasteiger partial charge in [-0.1, -0.05) is 18.2 Å². The van der Waals surface area contributed by atoms with E-state index in [1.165, 1.54) is 18.3 Å². The fourth-order valence-electron chi connectivity index (χ4n) is 0.837. The molecule has 0 unspecified atom stereocenters. The summed E-state index contributed by atoms with van der Waals surface area (Å²) in [7, 11) is 0. The van der Waals surface area contributed by atoms with Crippen LogP contribution in [0.5, 0.6) is 0 Å². The lowest BCUT2D eigenvalue weighted by Crippen LogP contribution is -2.37. The average molecular weight is 179 g/mol. The molecule has 0 fully saturated rings. The van der Waals surface area contributed by atoms with Gasteiger partial charge in [-0.2, -0.15) is 10.3 Å². The molecule has 4 nitrogen and oxygen atoms in total. The van der Waals surface area contributed by atoms with Crippen molar-refractivity contribution in [3.8, 4) is 6.19 Å². The molecule has 66 valence electrons. The Labute approximate surface area is 74.2 Å². The maximum absolute atomic E-state index is 12.3. The van der Waals surface area contributed by atoms with Gasteiger partial charge in [0.25, 0.3) is 0 Å². The van der Waals surface area contributed by atoms with Gasteiger partial charge in [-0.3, -0.25) is 0 Å². The van der Waals surface area contributed by atoms with Crippen molar-refractivity contribution < 1.29 is 9.18 Å². The van der Waals surface area contributed by atoms with Crippen LogP contribution in [-0.4, -0.2) is 6.16 Å². The summed E-state index contributed by atoms with van der Waals surface area (Å²) in [5.41, 5.74) is 2.19. The minimum atomic E-state index is -1.73. The van der Waals surface area contributed by atoms with Gasteiger partial charge < -0.3 is 0 Å². The summed E-state index contributed by atoms with van der Waals surface area (Å²) in [5, 5.41) is 8.74. The monoisotopic (exact) mass is 179 g/mol. The van der Waals surface area contributed by atoms with E-state index in [0.717, 1.165) is 0 Å². The SMILES string of the molecule is N#CNN(C(=O)F)c1ccccc1. The van der Waals surface area contributed by atoms with E-state index in [-0.39, 0.29) is 5.69 Å². The van der Waals surface area contributed by atoms with Crippen molar-refractivity contribution in [2.24, 2.45) is 0 Å². The summed E-state index contributed by atoms with van der Waals surface area (Å²) in [6.45, 7) is 0. The highest BCUT2D eigenvalue weighted by atomic mass is 19.1. The first-order valence-corrected chi connectivity index (χ1v) is 3.45. The lowest BCUT2D eigenvalue weighted by molar-refractivity contribution is 0.226. The van der Waals surface area contributed by atoms with Crippen LogP contribution in [0.3, 0.4) is 0 Å². The van der Waals surface area contributed by atoms with E-state index < -0.39 is 6.16 Å². The third kappa shape index (κ3) is 2.17. The molecule has 13 heavy (non-hydrogen) atoms. The Morgan fingerprint density at radius 3 is 2.54 bits per heavy atom. The summed E-state index contributed by atoms with van der Waals surface area (Å²) in [6, 6.07) is 7.98. The van der Waals surface area contributed by atoms with Crippen molar-refractivity contribution in [1.82, 2.24) is 5.43 Å². The second-order valence-electron chi connectivity index (χ2n) is 2.15. The van der Waals surface area contributed by atoms with Crippen LogP contribution in [0.4, 0.5) is 14.9 Å². The van der Waals surface area contributed by atoms with Gasteiger partial charge in [0.2, 0.25) is 0 Å². The van der Waals surface area contributed by atoms with Crippen LogP contribution in [0, 0.1) is 11.5 Å². The Morgan fingerprint density at radius 2 is 2.08 bits per heavy atom. The van der Waals surface area contributed by atoms with Gasteiger partial charge in [0, 0.05) is 0 Å². The number of para-hydroxylation sites is 1. The third-order valence-electron chi connectivity index (χ3n) is 1.35. The van der Waals surface area contributed by atoms with E-state index in [1.54, 1.807) is 18.2 Å². The number of hydrazine groups is 1. The second-order valence-corrected chi connectivity index (χ2v) is 2.15. The van der Waals surface area contributed by atoms with Crippen molar-refractivity contribution in [2.45, 2.75) is 0 Å². The summed E-state index contributed by atoms with van der Waals surface area (Å²) in [5.74, 6) is 0. The van der Waals surface area contributed by atoms with Gasteiger partial charge in [0.1, 0.15) is 0 Å². The molecule has 1 N–H and O–H groups in total. The van der Waals surface area contributed by atoms with Crippen molar-refractivity contribution in [3.05, 3.63) is 30.3 Å². The Balaban J connectivity index is 2.90. The number of nitrogens with one attached hydrogen (secondary N) is 1. The number of carbonyl (C=O) groups excluding carboxylic acids is 1. The molecule has 0 aliphatic rings. The number of anilines is 1. The highest BCUT2D eigenvalue weighted by Gasteiger charge is 2.12. The van der Waals surface area contributed by atoms with Crippen molar-refractivity contribution >= 4 is 11.8 Å². The molecule has 0 aromatic heterocycles. The standard InChI is InChI=1S/C8H6FN3O/c9-8(13)12(11-6-10)7-4-2-1-3-5-7/h1-5,11H. The zero-order valence-corrected chi connectivity index (χ0v) is 6.57. The second kappa shape index (κ2) is 4.07. The average Bonchev–Trinajstić information content (AvgIpc) is 2.15. The fourth-order valence-corrected chi connectivity index (χ4v) is 0.837. The number of hydrogen-bond acceptors (Lipinski definition) is 3. The summed E-state index contributed by atoms with van der Waals surface area (Å²) in [6.07, 6.45) is -0.266. The minimum absolute atomic E-state index is 0.275. The van der Waals surface area contributed by atoms with Gasteiger partial charge in [-0.25, -0.2) is 10.2 Å². The summed E-state index contributed by atoms with van der Waals surface area (Å²) in [4.78, 5) is 10.4. The third-order valence-corrected chi connectivity index (χ3v) is 1.35. The molecule has 0 heterocycles. The van der Waals surface area contributed by atoms with Gasteiger partial charge >= 0.3 is 6.16 Å². The number of nitriles is 1. The molecule has 0 atom stereocenters. The van der Waals surface area contributed by atoms with Crippen molar-refractivity contribution in [2.75, 3.05) is 5.01 Å². The van der Waals surface area contributed by atoms with Gasteiger partial charge in [0.15, 0.2) is 6.19 Å². The fraction of sp³-hybridized carbons (Fsp3) is 0. The summed E-state index contributed by atoms with van der Waals surface area (Å²) < 4.78 is 12.3. The molecule has 0 aliphatic heterocycles. The molecule has 0 bridgehead atoms. The van der Waals surface area contributed by atoms with Crippen molar-refractivity contribution in [3.63, 3.8) is 0 Å². The molecular weight excluding hydrogens is 173 g/mol. The van der Waals surface area contributed by atoms with Crippen LogP contribution in [-0.2, 0) is 0 Å². The largest absolute Gasteiger partial charge is 0.424 e. The van der Waals surface area contributed by atoms with E-state index >= 15 is 0 Å². The molecule has 0 radical (unpaired) electrons. The lowest BCUT2D eigenvalue weighted by atomic mass is 10.3. The number of amides is 1. The van der Waals surface area contributed by atoms with E-state index in [0.29, 0.717) is 5.01 Å². The van der Waals surface area contributed by atoms with Gasteiger partial charge in [0.05, 0.1) is 5.69 Å². The number of carbonyl (C=O) groups is 1. The predicted octanol–water partition coefficient (Wildman–Crippen LogP) is 1.57. The highest BCUT2D eigenvalue weighted by Crippen LogP contribution is 2.11. The number of halogens is 1. The highest BCUT2D eigenvalue weighted by molar-refractivity contribution is 5.85. The van der Waals surface area contributed by atoms with E-state index in [9.17, 15) is 9.18 Å². The van der Waals surface area contributed by atoms with Crippen LogP contribution in [0.25, 0.3) is 0 Å². The molecule has 1 aromatic carbocycles. The van der Waals surface area contributed by atoms with Crippen LogP contribution in [0.15, 0.2) is 30.3 Å². The van der Waals surface area contributed by atoms with Gasteiger partial charge in [-0.05, 0) is 12.1 Å². The first kappa shape index (κ1) is 9.00. The molecule has 1 amide bonds. The number of nitrogens with zero attached hydrogens (tertiary/aromatic N) is 2. The number of hydrogen-bond donors (Lipinski definition) is 1. The first-order valence-electron chi connectivity index (χ1n) is 3.45. The number of benzene rings is 1. The first-order chi connectivity index (χ1) is 6.25. The van der Waals surface area contributed by atoms with E-state index in [4.69, 9.17) is 5.26 Å². The molecule has 0 saturated carbocycles. The zero-order chi connectivity index (χ0) is 9.68. The smallest absolute Gasteiger partial charge is 0.232 e. The molecule has 0 saturated heterocycles. The molecule has 0 aliphatic carbocycles. The maximum atomic E-state index is 12.3. The molecule has 0 spiro atoms. The Hall–Kier alpha value is -2.09. The summed E-state index contributed by atoms with van der Waals surface area (Å²) >= 11 is 0. The van der Waals surface area contributed by atoms with E-state index in [2.05, 4.69) is 0 Å². The quantitative estimate of drug-likeness (QED) is 0.246. The molecule has 5 heteroatoms. The Bertz CT molecular complexity index is 333. The predicted molar refractivity (Wildman–Crippen MR) is 44.2 cm³/mol. The maximum Gasteiger partial charge on any atom is 0.424 e. The Morgan fingerprint density at radius 1 is 1.46 bits per heavy atom.